The van der Waals surface area contributed by atoms with Gasteiger partial charge in [-0.15, -0.1) is 0 Å². The van der Waals surface area contributed by atoms with Gasteiger partial charge in [0.25, 0.3) is 0 Å². The topological polar surface area (TPSA) is 124 Å². The molecular weight excluding hydrogens is 372 g/mol. The molecule has 0 heterocycles. The molecule has 2 aromatic carbocycles. The summed E-state index contributed by atoms with van der Waals surface area (Å²) in [5.41, 5.74) is 12.7. The van der Waals surface area contributed by atoms with Gasteiger partial charge in [0.05, 0.1) is 0 Å². The van der Waals surface area contributed by atoms with E-state index in [1.165, 1.54) is 0 Å². The van der Waals surface area contributed by atoms with Crippen molar-refractivity contribution in [2.75, 3.05) is 13.2 Å². The molecule has 1 aliphatic rings. The highest BCUT2D eigenvalue weighted by Gasteiger charge is 2.30. The number of carbonyl (C=O) groups is 2. The molecule has 8 heteroatoms. The number of aliphatic carboxylic acids is 1. The highest BCUT2D eigenvalue weighted by Crippen LogP contribution is 2.44. The van der Waals surface area contributed by atoms with Gasteiger partial charge >= 0.3 is 12.1 Å². The summed E-state index contributed by atoms with van der Waals surface area (Å²) in [5.74, 6) is -1.68. The quantitative estimate of drug-likeness (QED) is 0.393. The number of hydrogen-bond acceptors (Lipinski definition) is 4. The van der Waals surface area contributed by atoms with Gasteiger partial charge in [0, 0.05) is 17.4 Å². The number of amides is 1. The van der Waals surface area contributed by atoms with Crippen molar-refractivity contribution in [2.24, 2.45) is 11.0 Å². The van der Waals surface area contributed by atoms with E-state index in [0.29, 0.717) is 6.42 Å². The summed E-state index contributed by atoms with van der Waals surface area (Å²) < 4.78 is 5.40. The number of fused-ring (bicyclic) bond motifs is 3. The standard InChI is InChI=1S/C21H22N4O4/c1-13(10-11-23-25-22)19(20(26)27)24-21(28)29-12-18-16-8-4-2-6-14(16)15-7-3-5-9-17(15)18/h2-9,13,18-19H,10-12H2,1H3,(H,24,28)(H,26,27)/t13-,19-/m0/s1. The van der Waals surface area contributed by atoms with Crippen molar-refractivity contribution >= 4 is 12.1 Å². The Bertz CT molecular complexity index is 910. The molecule has 0 unspecified atom stereocenters. The van der Waals surface area contributed by atoms with E-state index < -0.39 is 24.0 Å². The molecule has 0 aliphatic heterocycles. The maximum atomic E-state index is 12.3. The van der Waals surface area contributed by atoms with Gasteiger partial charge < -0.3 is 15.2 Å². The van der Waals surface area contributed by atoms with Gasteiger partial charge in [-0.2, -0.15) is 0 Å². The van der Waals surface area contributed by atoms with Crippen LogP contribution in [0.1, 0.15) is 30.4 Å². The monoisotopic (exact) mass is 394 g/mol. The van der Waals surface area contributed by atoms with Crippen LogP contribution < -0.4 is 5.32 Å². The Morgan fingerprint density at radius 2 is 1.76 bits per heavy atom. The van der Waals surface area contributed by atoms with Crippen LogP contribution in [0.2, 0.25) is 0 Å². The van der Waals surface area contributed by atoms with Crippen LogP contribution in [0.3, 0.4) is 0 Å². The smallest absolute Gasteiger partial charge is 0.407 e. The zero-order chi connectivity index (χ0) is 20.8. The van der Waals surface area contributed by atoms with Crippen molar-refractivity contribution in [3.05, 3.63) is 70.1 Å². The van der Waals surface area contributed by atoms with Crippen LogP contribution >= 0.6 is 0 Å². The summed E-state index contributed by atoms with van der Waals surface area (Å²) in [5, 5.41) is 15.2. The van der Waals surface area contributed by atoms with Gasteiger partial charge in [0.15, 0.2) is 0 Å². The van der Waals surface area contributed by atoms with Crippen molar-refractivity contribution < 1.29 is 19.4 Å². The molecule has 0 radical (unpaired) electrons. The summed E-state index contributed by atoms with van der Waals surface area (Å²) in [6.45, 7) is 1.95. The van der Waals surface area contributed by atoms with Crippen molar-refractivity contribution in [1.82, 2.24) is 5.32 Å². The summed E-state index contributed by atoms with van der Waals surface area (Å²) in [6.07, 6.45) is -0.445. The molecule has 2 N–H and O–H groups in total. The molecule has 0 bridgehead atoms. The Morgan fingerprint density at radius 1 is 1.17 bits per heavy atom. The molecular formula is C21H22N4O4. The maximum Gasteiger partial charge on any atom is 0.407 e. The minimum absolute atomic E-state index is 0.0983. The number of rotatable bonds is 8. The highest BCUT2D eigenvalue weighted by atomic mass is 16.5. The second-order valence-corrected chi connectivity index (χ2v) is 7.01. The normalized spacial score (nSPS) is 14.1. The van der Waals surface area contributed by atoms with Crippen LogP contribution in [0.25, 0.3) is 21.6 Å². The molecule has 2 atom stereocenters. The predicted molar refractivity (Wildman–Crippen MR) is 107 cm³/mol. The third-order valence-corrected chi connectivity index (χ3v) is 5.20. The number of ether oxygens (including phenoxy) is 1. The number of nitrogens with one attached hydrogen (secondary N) is 1. The molecule has 2 aromatic rings. The Labute approximate surface area is 168 Å². The zero-order valence-corrected chi connectivity index (χ0v) is 16.0. The molecule has 0 saturated carbocycles. The van der Waals surface area contributed by atoms with Crippen LogP contribution in [0.5, 0.6) is 0 Å². The van der Waals surface area contributed by atoms with E-state index in [2.05, 4.69) is 15.3 Å². The number of azide groups is 1. The molecule has 1 amide bonds. The Hall–Kier alpha value is -3.51. The molecule has 0 saturated heterocycles. The number of benzene rings is 2. The summed E-state index contributed by atoms with van der Waals surface area (Å²) in [4.78, 5) is 26.5. The average molecular weight is 394 g/mol. The lowest BCUT2D eigenvalue weighted by atomic mass is 9.98. The van der Waals surface area contributed by atoms with Crippen LogP contribution in [0.15, 0.2) is 53.6 Å². The fourth-order valence-corrected chi connectivity index (χ4v) is 3.69. The van der Waals surface area contributed by atoms with Gasteiger partial charge in [-0.25, -0.2) is 9.59 Å². The van der Waals surface area contributed by atoms with Crippen LogP contribution in [-0.2, 0) is 9.53 Å². The first kappa shape index (κ1) is 20.2. The molecule has 29 heavy (non-hydrogen) atoms. The third kappa shape index (κ3) is 4.50. The summed E-state index contributed by atoms with van der Waals surface area (Å²) >= 11 is 0. The van der Waals surface area contributed by atoms with E-state index >= 15 is 0 Å². The molecule has 0 aromatic heterocycles. The third-order valence-electron chi connectivity index (χ3n) is 5.20. The molecule has 1 aliphatic carbocycles. The van der Waals surface area contributed by atoms with Gasteiger partial charge in [-0.05, 0) is 40.1 Å². The number of carboxylic acid groups (broad SMARTS) is 1. The molecule has 0 fully saturated rings. The molecule has 0 spiro atoms. The van der Waals surface area contributed by atoms with Crippen LogP contribution in [0.4, 0.5) is 4.79 Å². The first-order valence-corrected chi connectivity index (χ1v) is 9.38. The second kappa shape index (κ2) is 9.12. The summed E-state index contributed by atoms with van der Waals surface area (Å²) in [6, 6.07) is 14.8. The minimum Gasteiger partial charge on any atom is -0.480 e. The van der Waals surface area contributed by atoms with Gasteiger partial charge in [-0.3, -0.25) is 0 Å². The Balaban J connectivity index is 1.65. The Kier molecular flexibility index (Phi) is 6.36. The first-order chi connectivity index (χ1) is 14.0. The van der Waals surface area contributed by atoms with E-state index in [4.69, 9.17) is 10.3 Å². The number of carbonyl (C=O) groups excluding carboxylic acids is 1. The van der Waals surface area contributed by atoms with E-state index in [9.17, 15) is 14.7 Å². The molecule has 3 rings (SSSR count). The van der Waals surface area contributed by atoms with Crippen molar-refractivity contribution in [1.29, 1.82) is 0 Å². The lowest BCUT2D eigenvalue weighted by Gasteiger charge is -2.21. The minimum atomic E-state index is -1.16. The number of alkyl carbamates (subject to hydrolysis) is 1. The maximum absolute atomic E-state index is 12.3. The fraction of sp³-hybridized carbons (Fsp3) is 0.333. The van der Waals surface area contributed by atoms with Crippen molar-refractivity contribution in [3.63, 3.8) is 0 Å². The molecule has 8 nitrogen and oxygen atoms in total. The summed E-state index contributed by atoms with van der Waals surface area (Å²) in [7, 11) is 0. The number of nitrogens with zero attached hydrogens (tertiary/aromatic N) is 3. The number of carboxylic acids is 1. The van der Waals surface area contributed by atoms with Crippen LogP contribution in [0, 0.1) is 5.92 Å². The van der Waals surface area contributed by atoms with E-state index in [0.717, 1.165) is 22.3 Å². The zero-order valence-electron chi connectivity index (χ0n) is 16.0. The van der Waals surface area contributed by atoms with Gasteiger partial charge in [0.2, 0.25) is 0 Å². The van der Waals surface area contributed by atoms with Crippen LogP contribution in [-0.4, -0.2) is 36.4 Å². The second-order valence-electron chi connectivity index (χ2n) is 7.01. The largest absolute Gasteiger partial charge is 0.480 e. The SMILES string of the molecule is C[C@@H](CCN=[N+]=[N-])[C@H](NC(=O)OCC1c2ccccc2-c2ccccc21)C(=O)O. The Morgan fingerprint density at radius 3 is 2.31 bits per heavy atom. The first-order valence-electron chi connectivity index (χ1n) is 9.38. The lowest BCUT2D eigenvalue weighted by Crippen LogP contribution is -2.45. The lowest BCUT2D eigenvalue weighted by molar-refractivity contribution is -0.140. The van der Waals surface area contributed by atoms with Gasteiger partial charge in [0.1, 0.15) is 12.6 Å². The number of hydrogen-bond donors (Lipinski definition) is 2. The fourth-order valence-electron chi connectivity index (χ4n) is 3.69. The molecule has 150 valence electrons. The van der Waals surface area contributed by atoms with E-state index in [1.807, 2.05) is 48.5 Å². The van der Waals surface area contributed by atoms with Crippen molar-refractivity contribution in [3.8, 4) is 11.1 Å². The highest BCUT2D eigenvalue weighted by molar-refractivity contribution is 5.81. The van der Waals surface area contributed by atoms with E-state index in [-0.39, 0.29) is 19.1 Å². The van der Waals surface area contributed by atoms with Crippen molar-refractivity contribution in [2.45, 2.75) is 25.3 Å². The van der Waals surface area contributed by atoms with E-state index in [1.54, 1.807) is 6.92 Å². The average Bonchev–Trinajstić information content (AvgIpc) is 3.04. The van der Waals surface area contributed by atoms with Gasteiger partial charge in [-0.1, -0.05) is 60.6 Å². The predicted octanol–water partition coefficient (Wildman–Crippen LogP) is 4.31.